The van der Waals surface area contributed by atoms with Gasteiger partial charge < -0.3 is 5.11 Å². The van der Waals surface area contributed by atoms with Gasteiger partial charge in [-0.25, -0.2) is 4.79 Å². The van der Waals surface area contributed by atoms with Gasteiger partial charge in [-0.15, -0.1) is 0 Å². The molecule has 0 spiro atoms. The monoisotopic (exact) mass is 244 g/mol. The lowest BCUT2D eigenvalue weighted by atomic mass is 9.91. The maximum absolute atomic E-state index is 10.4. The summed E-state index contributed by atoms with van der Waals surface area (Å²) in [6.07, 6.45) is 10.8. The molecule has 0 aliphatic heterocycles. The molecule has 0 atom stereocenters. The summed E-state index contributed by atoms with van der Waals surface area (Å²) in [5, 5.41) is 8.58. The Balaban J connectivity index is 2.04. The van der Waals surface area contributed by atoms with E-state index in [1.807, 2.05) is 12.1 Å². The molecule has 0 heterocycles. The zero-order valence-corrected chi connectivity index (χ0v) is 10.6. The van der Waals surface area contributed by atoms with Crippen molar-refractivity contribution in [1.82, 2.24) is 0 Å². The Morgan fingerprint density at radius 3 is 2.22 bits per heavy atom. The molecule has 0 radical (unpaired) electrons. The molecular weight excluding hydrogens is 224 g/mol. The Morgan fingerprint density at radius 1 is 1.06 bits per heavy atom. The summed E-state index contributed by atoms with van der Waals surface area (Å²) >= 11 is 0. The molecule has 18 heavy (non-hydrogen) atoms. The molecule has 2 rings (SSSR count). The molecule has 0 saturated heterocycles. The lowest BCUT2D eigenvalue weighted by molar-refractivity contribution is -0.131. The normalized spacial score (nSPS) is 17.8. The molecule has 1 fully saturated rings. The largest absolute Gasteiger partial charge is 0.478 e. The molecule has 0 aromatic heterocycles. The minimum Gasteiger partial charge on any atom is -0.478 e. The minimum absolute atomic E-state index is 0.699. The highest BCUT2D eigenvalue weighted by Crippen LogP contribution is 2.31. The third-order valence-corrected chi connectivity index (χ3v) is 3.68. The van der Waals surface area contributed by atoms with Crippen molar-refractivity contribution in [1.29, 1.82) is 0 Å². The number of carbonyl (C=O) groups is 1. The number of benzene rings is 1. The van der Waals surface area contributed by atoms with Gasteiger partial charge in [0, 0.05) is 6.08 Å². The van der Waals surface area contributed by atoms with Crippen LogP contribution in [0.3, 0.4) is 0 Å². The minimum atomic E-state index is -0.900. The number of carboxylic acids is 1. The van der Waals surface area contributed by atoms with Crippen LogP contribution in [0.1, 0.15) is 55.6 Å². The van der Waals surface area contributed by atoms with E-state index in [9.17, 15) is 4.79 Å². The SMILES string of the molecule is O=C(O)/C=C/c1ccc(C2CCCCCC2)cc1. The van der Waals surface area contributed by atoms with Crippen LogP contribution in [0.5, 0.6) is 0 Å². The molecule has 2 heteroatoms. The van der Waals surface area contributed by atoms with Crippen LogP contribution < -0.4 is 0 Å². The molecule has 0 bridgehead atoms. The van der Waals surface area contributed by atoms with E-state index in [1.54, 1.807) is 6.08 Å². The fraction of sp³-hybridized carbons (Fsp3) is 0.438. The highest BCUT2D eigenvalue weighted by molar-refractivity contribution is 5.85. The standard InChI is InChI=1S/C16H20O2/c17-16(18)12-9-13-7-10-15(11-8-13)14-5-3-1-2-4-6-14/h7-12,14H,1-6H2,(H,17,18)/b12-9+. The molecular formula is C16H20O2. The molecule has 1 aliphatic carbocycles. The van der Waals surface area contributed by atoms with Crippen molar-refractivity contribution in [2.75, 3.05) is 0 Å². The summed E-state index contributed by atoms with van der Waals surface area (Å²) in [7, 11) is 0. The molecule has 1 saturated carbocycles. The predicted molar refractivity (Wildman–Crippen MR) is 73.6 cm³/mol. The third kappa shape index (κ3) is 3.73. The first-order valence-corrected chi connectivity index (χ1v) is 6.76. The smallest absolute Gasteiger partial charge is 0.328 e. The van der Waals surface area contributed by atoms with E-state index in [-0.39, 0.29) is 0 Å². The van der Waals surface area contributed by atoms with Gasteiger partial charge in [0.2, 0.25) is 0 Å². The van der Waals surface area contributed by atoms with Crippen molar-refractivity contribution in [2.24, 2.45) is 0 Å². The third-order valence-electron chi connectivity index (χ3n) is 3.68. The molecule has 1 N–H and O–H groups in total. The summed E-state index contributed by atoms with van der Waals surface area (Å²) in [4.78, 5) is 10.4. The van der Waals surface area contributed by atoms with Crippen molar-refractivity contribution >= 4 is 12.0 Å². The van der Waals surface area contributed by atoms with Crippen LogP contribution in [0.25, 0.3) is 6.08 Å². The Labute approximate surface area is 108 Å². The van der Waals surface area contributed by atoms with Crippen LogP contribution in [-0.2, 0) is 4.79 Å². The maximum atomic E-state index is 10.4. The van der Waals surface area contributed by atoms with Crippen LogP contribution in [0.15, 0.2) is 30.3 Å². The van der Waals surface area contributed by atoms with E-state index >= 15 is 0 Å². The van der Waals surface area contributed by atoms with Gasteiger partial charge in [0.15, 0.2) is 0 Å². The summed E-state index contributed by atoms with van der Waals surface area (Å²) in [6, 6.07) is 8.33. The maximum Gasteiger partial charge on any atom is 0.328 e. The first-order valence-electron chi connectivity index (χ1n) is 6.76. The van der Waals surface area contributed by atoms with Crippen LogP contribution in [0.4, 0.5) is 0 Å². The predicted octanol–water partition coefficient (Wildman–Crippen LogP) is 4.22. The van der Waals surface area contributed by atoms with E-state index in [2.05, 4.69) is 12.1 Å². The molecule has 2 nitrogen and oxygen atoms in total. The zero-order chi connectivity index (χ0) is 12.8. The number of hydrogen-bond acceptors (Lipinski definition) is 1. The number of hydrogen-bond donors (Lipinski definition) is 1. The van der Waals surface area contributed by atoms with Crippen molar-refractivity contribution in [2.45, 2.75) is 44.4 Å². The fourth-order valence-corrected chi connectivity index (χ4v) is 2.66. The number of carboxylic acid groups (broad SMARTS) is 1. The molecule has 0 amide bonds. The van der Waals surface area contributed by atoms with Gasteiger partial charge in [-0.05, 0) is 36.0 Å². The fourth-order valence-electron chi connectivity index (χ4n) is 2.66. The van der Waals surface area contributed by atoms with Gasteiger partial charge in [-0.2, -0.15) is 0 Å². The van der Waals surface area contributed by atoms with E-state index in [0.29, 0.717) is 5.92 Å². The van der Waals surface area contributed by atoms with Crippen molar-refractivity contribution in [3.05, 3.63) is 41.5 Å². The quantitative estimate of drug-likeness (QED) is 0.638. The van der Waals surface area contributed by atoms with Crippen LogP contribution in [0.2, 0.25) is 0 Å². The van der Waals surface area contributed by atoms with E-state index in [4.69, 9.17) is 5.11 Å². The lowest BCUT2D eigenvalue weighted by Crippen LogP contribution is -1.96. The Kier molecular flexibility index (Phi) is 4.57. The topological polar surface area (TPSA) is 37.3 Å². The molecule has 1 aromatic carbocycles. The molecule has 96 valence electrons. The van der Waals surface area contributed by atoms with Gasteiger partial charge in [-0.3, -0.25) is 0 Å². The van der Waals surface area contributed by atoms with Crippen molar-refractivity contribution in [3.63, 3.8) is 0 Å². The second-order valence-electron chi connectivity index (χ2n) is 5.03. The number of aliphatic carboxylic acids is 1. The second-order valence-corrected chi connectivity index (χ2v) is 5.03. The van der Waals surface area contributed by atoms with Gasteiger partial charge in [-0.1, -0.05) is 49.9 Å². The first-order chi connectivity index (χ1) is 8.75. The van der Waals surface area contributed by atoms with E-state index < -0.39 is 5.97 Å². The van der Waals surface area contributed by atoms with E-state index in [1.165, 1.54) is 50.2 Å². The lowest BCUT2D eigenvalue weighted by Gasteiger charge is -2.14. The highest BCUT2D eigenvalue weighted by atomic mass is 16.4. The average Bonchev–Trinajstić information content (AvgIpc) is 2.66. The first kappa shape index (κ1) is 12.9. The van der Waals surface area contributed by atoms with Crippen LogP contribution >= 0.6 is 0 Å². The van der Waals surface area contributed by atoms with Crippen molar-refractivity contribution in [3.8, 4) is 0 Å². The zero-order valence-electron chi connectivity index (χ0n) is 10.6. The summed E-state index contributed by atoms with van der Waals surface area (Å²) in [5.74, 6) is -0.201. The van der Waals surface area contributed by atoms with Crippen molar-refractivity contribution < 1.29 is 9.90 Å². The average molecular weight is 244 g/mol. The van der Waals surface area contributed by atoms with E-state index in [0.717, 1.165) is 5.56 Å². The Morgan fingerprint density at radius 2 is 1.67 bits per heavy atom. The summed E-state index contributed by atoms with van der Waals surface area (Å²) < 4.78 is 0. The summed E-state index contributed by atoms with van der Waals surface area (Å²) in [6.45, 7) is 0. The molecule has 0 unspecified atom stereocenters. The van der Waals surface area contributed by atoms with Gasteiger partial charge in [0.1, 0.15) is 0 Å². The highest BCUT2D eigenvalue weighted by Gasteiger charge is 2.13. The van der Waals surface area contributed by atoms with Gasteiger partial charge in [0.05, 0.1) is 0 Å². The molecule has 1 aliphatic rings. The Hall–Kier alpha value is -1.57. The van der Waals surface area contributed by atoms with Crippen LogP contribution in [-0.4, -0.2) is 11.1 Å². The van der Waals surface area contributed by atoms with Crippen LogP contribution in [0, 0.1) is 0 Å². The second kappa shape index (κ2) is 6.39. The summed E-state index contributed by atoms with van der Waals surface area (Å²) in [5.41, 5.74) is 2.36. The van der Waals surface area contributed by atoms with Gasteiger partial charge in [0.25, 0.3) is 0 Å². The Bertz CT molecular complexity index is 409. The molecule has 1 aromatic rings. The number of rotatable bonds is 3. The van der Waals surface area contributed by atoms with Gasteiger partial charge >= 0.3 is 5.97 Å².